The van der Waals surface area contributed by atoms with Crippen molar-refractivity contribution in [3.63, 3.8) is 0 Å². The van der Waals surface area contributed by atoms with Crippen LogP contribution in [0.3, 0.4) is 0 Å². The number of carbonyl (C=O) groups is 1. The zero-order valence-electron chi connectivity index (χ0n) is 23.9. The summed E-state index contributed by atoms with van der Waals surface area (Å²) in [5.41, 5.74) is 7.36. The molecule has 200 valence electrons. The quantitative estimate of drug-likeness (QED) is 0.193. The third-order valence-corrected chi connectivity index (χ3v) is 7.58. The molecule has 1 N–H and O–H groups in total. The van der Waals surface area contributed by atoms with Gasteiger partial charge in [0, 0.05) is 36.4 Å². The number of nitrogens with one attached hydrogen (secondary N) is 1. The van der Waals surface area contributed by atoms with Crippen molar-refractivity contribution >= 4 is 17.7 Å². The van der Waals surface area contributed by atoms with E-state index in [2.05, 4.69) is 107 Å². The molecule has 3 rings (SSSR count). The highest BCUT2D eigenvalue weighted by Crippen LogP contribution is 2.36. The van der Waals surface area contributed by atoms with E-state index in [9.17, 15) is 4.79 Å². The van der Waals surface area contributed by atoms with Gasteiger partial charge in [-0.05, 0) is 51.4 Å². The van der Waals surface area contributed by atoms with Crippen molar-refractivity contribution in [3.8, 4) is 22.5 Å². The Bertz CT molecular complexity index is 1140. The summed E-state index contributed by atoms with van der Waals surface area (Å²) < 4.78 is 2.35. The van der Waals surface area contributed by atoms with Crippen molar-refractivity contribution in [1.82, 2.24) is 14.9 Å². The summed E-state index contributed by atoms with van der Waals surface area (Å²) in [6.45, 7) is 16.9. The third kappa shape index (κ3) is 8.77. The Kier molecular flexibility index (Phi) is 10.5. The van der Waals surface area contributed by atoms with Crippen LogP contribution in [0.15, 0.2) is 53.7 Å². The number of aromatic nitrogens is 2. The maximum atomic E-state index is 12.3. The zero-order valence-corrected chi connectivity index (χ0v) is 24.7. The number of hydrogen-bond acceptors (Lipinski definition) is 3. The van der Waals surface area contributed by atoms with Crippen LogP contribution in [0, 0.1) is 25.2 Å². The molecule has 1 aromatic heterocycles. The first-order chi connectivity index (χ1) is 17.6. The van der Waals surface area contributed by atoms with Gasteiger partial charge in [0.05, 0.1) is 11.4 Å². The minimum Gasteiger partial charge on any atom is -0.356 e. The van der Waals surface area contributed by atoms with Gasteiger partial charge < -0.3 is 9.88 Å². The fourth-order valence-electron chi connectivity index (χ4n) is 4.88. The number of rotatable bonds is 12. The summed E-state index contributed by atoms with van der Waals surface area (Å²) in [5, 5.41) is 4.18. The van der Waals surface area contributed by atoms with E-state index in [1.54, 1.807) is 0 Å². The first-order valence-electron chi connectivity index (χ1n) is 13.7. The van der Waals surface area contributed by atoms with E-state index in [1.165, 1.54) is 22.4 Å². The predicted molar refractivity (Wildman–Crippen MR) is 159 cm³/mol. The van der Waals surface area contributed by atoms with Crippen LogP contribution < -0.4 is 5.32 Å². The van der Waals surface area contributed by atoms with Crippen LogP contribution in [0.25, 0.3) is 22.5 Å². The van der Waals surface area contributed by atoms with Crippen LogP contribution in [0.2, 0.25) is 0 Å². The van der Waals surface area contributed by atoms with Crippen molar-refractivity contribution in [2.75, 3.05) is 12.3 Å². The van der Waals surface area contributed by atoms with Crippen LogP contribution in [-0.2, 0) is 11.3 Å². The summed E-state index contributed by atoms with van der Waals surface area (Å²) in [4.78, 5) is 17.4. The largest absolute Gasteiger partial charge is 0.356 e. The highest BCUT2D eigenvalue weighted by Gasteiger charge is 2.20. The van der Waals surface area contributed by atoms with Crippen LogP contribution >= 0.6 is 11.8 Å². The Hall–Kier alpha value is -2.53. The second kappa shape index (κ2) is 13.3. The van der Waals surface area contributed by atoms with E-state index in [0.717, 1.165) is 54.5 Å². The van der Waals surface area contributed by atoms with Crippen LogP contribution in [0.1, 0.15) is 71.4 Å². The minimum absolute atomic E-state index is 0.177. The van der Waals surface area contributed by atoms with Crippen molar-refractivity contribution in [2.45, 2.75) is 85.9 Å². The Morgan fingerprint density at radius 3 is 2.14 bits per heavy atom. The fourth-order valence-corrected chi connectivity index (χ4v) is 5.94. The number of amides is 1. The van der Waals surface area contributed by atoms with Gasteiger partial charge >= 0.3 is 0 Å². The monoisotopic (exact) mass is 519 g/mol. The van der Waals surface area contributed by atoms with Gasteiger partial charge in [0.25, 0.3) is 0 Å². The number of imidazole rings is 1. The van der Waals surface area contributed by atoms with Crippen LogP contribution in [0.4, 0.5) is 0 Å². The lowest BCUT2D eigenvalue weighted by molar-refractivity contribution is -0.122. The number of aryl methyl sites for hydroxylation is 2. The van der Waals surface area contributed by atoms with E-state index in [-0.39, 0.29) is 11.3 Å². The summed E-state index contributed by atoms with van der Waals surface area (Å²) >= 11 is 1.82. The number of hydrogen-bond donors (Lipinski definition) is 1. The fraction of sp³-hybridized carbons (Fsp3) is 0.500. The molecule has 0 fully saturated rings. The number of nitrogens with zero attached hydrogens (tertiary/aromatic N) is 2. The molecule has 4 nitrogen and oxygen atoms in total. The second-order valence-electron chi connectivity index (χ2n) is 11.5. The van der Waals surface area contributed by atoms with Crippen molar-refractivity contribution in [3.05, 3.63) is 59.7 Å². The van der Waals surface area contributed by atoms with Gasteiger partial charge in [-0.1, -0.05) is 99.1 Å². The molecule has 2 aromatic carbocycles. The molecule has 0 aliphatic rings. The molecule has 0 saturated heterocycles. The van der Waals surface area contributed by atoms with E-state index >= 15 is 0 Å². The topological polar surface area (TPSA) is 46.9 Å². The number of benzene rings is 2. The number of unbranched alkanes of at least 4 members (excludes halogenated alkanes) is 1. The summed E-state index contributed by atoms with van der Waals surface area (Å²) in [6, 6.07) is 17.4. The van der Waals surface area contributed by atoms with Gasteiger partial charge in [-0.3, -0.25) is 4.79 Å². The SMILES string of the molecule is CCn1c(SCCCCNC(=O)CC(C)CC(C)(C)C)nc(-c2ccc(C)cc2)c1-c1ccc(C)cc1. The average molecular weight is 520 g/mol. The van der Waals surface area contributed by atoms with Gasteiger partial charge in [-0.2, -0.15) is 0 Å². The number of carbonyl (C=O) groups excluding carboxylic acids is 1. The molecule has 0 aliphatic carbocycles. The minimum atomic E-state index is 0.177. The predicted octanol–water partition coefficient (Wildman–Crippen LogP) is 8.30. The summed E-state index contributed by atoms with van der Waals surface area (Å²) in [6.07, 6.45) is 3.70. The normalized spacial score (nSPS) is 12.5. The van der Waals surface area contributed by atoms with Crippen molar-refractivity contribution in [2.24, 2.45) is 11.3 Å². The maximum Gasteiger partial charge on any atom is 0.220 e. The Morgan fingerprint density at radius 2 is 1.57 bits per heavy atom. The second-order valence-corrected chi connectivity index (χ2v) is 12.6. The van der Waals surface area contributed by atoms with Gasteiger partial charge in [-0.15, -0.1) is 0 Å². The van der Waals surface area contributed by atoms with Gasteiger partial charge in [-0.25, -0.2) is 4.98 Å². The Labute approximate surface area is 228 Å². The standard InChI is InChI=1S/C32H45N3OS/c1-8-35-30(27-17-13-24(3)14-18-27)29(26-15-11-23(2)12-16-26)34-31(35)37-20-10-9-19-33-28(36)21-25(4)22-32(5,6)7/h11-18,25H,8-10,19-22H2,1-7H3,(H,33,36). The molecule has 0 aliphatic heterocycles. The average Bonchev–Trinajstić information content (AvgIpc) is 3.19. The van der Waals surface area contributed by atoms with E-state index in [4.69, 9.17) is 4.98 Å². The third-order valence-electron chi connectivity index (χ3n) is 6.52. The lowest BCUT2D eigenvalue weighted by atomic mass is 9.84. The summed E-state index contributed by atoms with van der Waals surface area (Å²) in [7, 11) is 0. The van der Waals surface area contributed by atoms with Gasteiger partial charge in [0.2, 0.25) is 5.91 Å². The summed E-state index contributed by atoms with van der Waals surface area (Å²) in [5.74, 6) is 1.57. The zero-order chi connectivity index (χ0) is 27.0. The molecule has 37 heavy (non-hydrogen) atoms. The van der Waals surface area contributed by atoms with Crippen LogP contribution in [-0.4, -0.2) is 27.8 Å². The number of thioether (sulfide) groups is 1. The molecule has 0 spiro atoms. The molecule has 1 heterocycles. The van der Waals surface area contributed by atoms with Crippen molar-refractivity contribution < 1.29 is 4.79 Å². The van der Waals surface area contributed by atoms with E-state index < -0.39 is 0 Å². The molecule has 0 saturated carbocycles. The molecule has 1 unspecified atom stereocenters. The highest BCUT2D eigenvalue weighted by molar-refractivity contribution is 7.99. The molecule has 5 heteroatoms. The Balaban J connectivity index is 1.62. The smallest absolute Gasteiger partial charge is 0.220 e. The molecular weight excluding hydrogens is 474 g/mol. The molecule has 0 radical (unpaired) electrons. The molecule has 1 atom stereocenters. The van der Waals surface area contributed by atoms with Crippen LogP contribution in [0.5, 0.6) is 0 Å². The van der Waals surface area contributed by atoms with E-state index in [0.29, 0.717) is 12.3 Å². The molecule has 3 aromatic rings. The van der Waals surface area contributed by atoms with Gasteiger partial charge in [0.15, 0.2) is 5.16 Å². The lowest BCUT2D eigenvalue weighted by Crippen LogP contribution is -2.27. The first kappa shape index (κ1) is 29.0. The van der Waals surface area contributed by atoms with Gasteiger partial charge in [0.1, 0.15) is 0 Å². The highest BCUT2D eigenvalue weighted by atomic mass is 32.2. The molecular formula is C32H45N3OS. The molecule has 1 amide bonds. The lowest BCUT2D eigenvalue weighted by Gasteiger charge is -2.22. The van der Waals surface area contributed by atoms with Crippen molar-refractivity contribution in [1.29, 1.82) is 0 Å². The Morgan fingerprint density at radius 1 is 0.973 bits per heavy atom. The maximum absolute atomic E-state index is 12.3. The van der Waals surface area contributed by atoms with E-state index in [1.807, 2.05) is 11.8 Å². The molecule has 0 bridgehead atoms. The first-order valence-corrected chi connectivity index (χ1v) is 14.7.